The number of hydrogen-bond donors (Lipinski definition) is 2. The molecule has 0 heterocycles. The van der Waals surface area contributed by atoms with Crippen LogP contribution in [0.15, 0.2) is 4.99 Å². The van der Waals surface area contributed by atoms with E-state index in [9.17, 15) is 0 Å². The highest BCUT2D eigenvalue weighted by atomic mass is 16.5. The van der Waals surface area contributed by atoms with Gasteiger partial charge in [-0.15, -0.1) is 0 Å². The van der Waals surface area contributed by atoms with Crippen molar-refractivity contribution < 1.29 is 4.74 Å². The third kappa shape index (κ3) is 7.70. The molecule has 0 aromatic rings. The van der Waals surface area contributed by atoms with E-state index in [1.54, 1.807) is 7.11 Å². The first-order valence-corrected chi connectivity index (χ1v) is 7.84. The molecule has 1 fully saturated rings. The summed E-state index contributed by atoms with van der Waals surface area (Å²) in [6, 6.07) is 0.780. The van der Waals surface area contributed by atoms with Crippen molar-refractivity contribution in [2.24, 2.45) is 10.9 Å². The van der Waals surface area contributed by atoms with Gasteiger partial charge in [0, 0.05) is 46.4 Å². The fourth-order valence-electron chi connectivity index (χ4n) is 2.14. The highest BCUT2D eigenvalue weighted by Gasteiger charge is 2.28. The summed E-state index contributed by atoms with van der Waals surface area (Å²) in [5, 5.41) is 6.75. The van der Waals surface area contributed by atoms with Crippen molar-refractivity contribution in [2.45, 2.75) is 39.2 Å². The quantitative estimate of drug-likeness (QED) is 0.469. The Labute approximate surface area is 124 Å². The second-order valence-electron chi connectivity index (χ2n) is 5.87. The normalized spacial score (nSPS) is 16.0. The number of rotatable bonds is 10. The number of nitrogens with zero attached hydrogens (tertiary/aromatic N) is 2. The van der Waals surface area contributed by atoms with Gasteiger partial charge in [-0.05, 0) is 25.2 Å². The molecule has 5 heteroatoms. The lowest BCUT2D eigenvalue weighted by Gasteiger charge is -2.22. The first-order valence-electron chi connectivity index (χ1n) is 7.84. The highest BCUT2D eigenvalue weighted by Crippen LogP contribution is 2.25. The minimum Gasteiger partial charge on any atom is -0.383 e. The maximum absolute atomic E-state index is 5.18. The lowest BCUT2D eigenvalue weighted by atomic mass is 10.1. The molecule has 0 amide bonds. The number of nitrogens with one attached hydrogen (secondary N) is 2. The minimum absolute atomic E-state index is 0.722. The van der Waals surface area contributed by atoms with Crippen molar-refractivity contribution in [3.05, 3.63) is 0 Å². The standard InChI is InChI=1S/C15H32N4O/c1-13(2)7-8-17-15(16-3)18-9-10-19(11-12-20-4)14-5-6-14/h13-14H,5-12H2,1-4H3,(H2,16,17,18). The third-order valence-corrected chi connectivity index (χ3v) is 3.58. The van der Waals surface area contributed by atoms with E-state index in [2.05, 4.69) is 34.4 Å². The molecular formula is C15H32N4O. The monoisotopic (exact) mass is 284 g/mol. The van der Waals surface area contributed by atoms with Crippen molar-refractivity contribution in [1.82, 2.24) is 15.5 Å². The van der Waals surface area contributed by atoms with Gasteiger partial charge in [0.2, 0.25) is 0 Å². The Hall–Kier alpha value is -0.810. The summed E-state index contributed by atoms with van der Waals surface area (Å²) >= 11 is 0. The number of ether oxygens (including phenoxy) is 1. The second-order valence-corrected chi connectivity index (χ2v) is 5.87. The molecule has 118 valence electrons. The molecule has 1 rings (SSSR count). The summed E-state index contributed by atoms with van der Waals surface area (Å²) in [6.45, 7) is 9.29. The Morgan fingerprint density at radius 2 is 1.95 bits per heavy atom. The van der Waals surface area contributed by atoms with Gasteiger partial charge in [-0.3, -0.25) is 9.89 Å². The van der Waals surface area contributed by atoms with E-state index < -0.39 is 0 Å². The van der Waals surface area contributed by atoms with Crippen molar-refractivity contribution in [3.63, 3.8) is 0 Å². The number of aliphatic imine (C=N–C) groups is 1. The van der Waals surface area contributed by atoms with Crippen LogP contribution in [0.1, 0.15) is 33.1 Å². The fourth-order valence-corrected chi connectivity index (χ4v) is 2.14. The Balaban J connectivity index is 2.15. The van der Waals surface area contributed by atoms with E-state index in [0.717, 1.165) is 50.7 Å². The Kier molecular flexibility index (Phi) is 8.62. The Bertz CT molecular complexity index is 277. The number of hydrogen-bond acceptors (Lipinski definition) is 3. The number of guanidine groups is 1. The molecule has 1 saturated carbocycles. The minimum atomic E-state index is 0.722. The van der Waals surface area contributed by atoms with E-state index in [0.29, 0.717) is 0 Å². The van der Waals surface area contributed by atoms with Crippen LogP contribution in [0.5, 0.6) is 0 Å². The molecule has 0 spiro atoms. The molecular weight excluding hydrogens is 252 g/mol. The van der Waals surface area contributed by atoms with Crippen LogP contribution >= 0.6 is 0 Å². The van der Waals surface area contributed by atoms with Crippen molar-refractivity contribution in [2.75, 3.05) is 46.9 Å². The molecule has 0 atom stereocenters. The molecule has 0 aliphatic heterocycles. The van der Waals surface area contributed by atoms with Crippen LogP contribution in [0.3, 0.4) is 0 Å². The van der Waals surface area contributed by atoms with Crippen molar-refractivity contribution in [3.8, 4) is 0 Å². The zero-order valence-electron chi connectivity index (χ0n) is 13.6. The second kappa shape index (κ2) is 10.00. The van der Waals surface area contributed by atoms with Crippen molar-refractivity contribution in [1.29, 1.82) is 0 Å². The van der Waals surface area contributed by atoms with E-state index in [-0.39, 0.29) is 0 Å². The predicted molar refractivity (Wildman–Crippen MR) is 85.3 cm³/mol. The zero-order valence-corrected chi connectivity index (χ0v) is 13.6. The molecule has 20 heavy (non-hydrogen) atoms. The van der Waals surface area contributed by atoms with Crippen LogP contribution in [0.2, 0.25) is 0 Å². The maximum Gasteiger partial charge on any atom is 0.191 e. The van der Waals surface area contributed by atoms with Gasteiger partial charge in [0.25, 0.3) is 0 Å². The maximum atomic E-state index is 5.18. The lowest BCUT2D eigenvalue weighted by Crippen LogP contribution is -2.43. The van der Waals surface area contributed by atoms with Crippen LogP contribution in [-0.2, 0) is 4.74 Å². The Morgan fingerprint density at radius 3 is 2.50 bits per heavy atom. The van der Waals surface area contributed by atoms with Gasteiger partial charge in [0.1, 0.15) is 0 Å². The van der Waals surface area contributed by atoms with Crippen LogP contribution in [0.25, 0.3) is 0 Å². The molecule has 0 aromatic carbocycles. The summed E-state index contributed by atoms with van der Waals surface area (Å²) in [4.78, 5) is 6.77. The Morgan fingerprint density at radius 1 is 1.25 bits per heavy atom. The smallest absolute Gasteiger partial charge is 0.191 e. The van der Waals surface area contributed by atoms with Gasteiger partial charge < -0.3 is 15.4 Å². The van der Waals surface area contributed by atoms with Crippen LogP contribution in [0, 0.1) is 5.92 Å². The topological polar surface area (TPSA) is 48.9 Å². The molecule has 0 radical (unpaired) electrons. The third-order valence-electron chi connectivity index (χ3n) is 3.58. The van der Waals surface area contributed by atoms with E-state index in [1.165, 1.54) is 19.3 Å². The zero-order chi connectivity index (χ0) is 14.8. The van der Waals surface area contributed by atoms with Gasteiger partial charge in [-0.25, -0.2) is 0 Å². The summed E-state index contributed by atoms with van der Waals surface area (Å²) in [5.74, 6) is 1.63. The molecule has 1 aliphatic carbocycles. The highest BCUT2D eigenvalue weighted by molar-refractivity contribution is 5.79. The summed E-state index contributed by atoms with van der Waals surface area (Å²) < 4.78 is 5.18. The molecule has 1 aliphatic rings. The van der Waals surface area contributed by atoms with Gasteiger partial charge in [-0.1, -0.05) is 13.8 Å². The lowest BCUT2D eigenvalue weighted by molar-refractivity contribution is 0.144. The predicted octanol–water partition coefficient (Wildman–Crippen LogP) is 1.31. The largest absolute Gasteiger partial charge is 0.383 e. The average Bonchev–Trinajstić information content (AvgIpc) is 3.24. The van der Waals surface area contributed by atoms with Crippen LogP contribution in [-0.4, -0.2) is 63.8 Å². The fraction of sp³-hybridized carbons (Fsp3) is 0.933. The molecule has 2 N–H and O–H groups in total. The van der Waals surface area contributed by atoms with E-state index >= 15 is 0 Å². The average molecular weight is 284 g/mol. The molecule has 0 aromatic heterocycles. The first-order chi connectivity index (χ1) is 9.67. The molecule has 0 unspecified atom stereocenters. The summed E-state index contributed by atoms with van der Waals surface area (Å²) in [5.41, 5.74) is 0. The van der Waals surface area contributed by atoms with Crippen LogP contribution in [0.4, 0.5) is 0 Å². The summed E-state index contributed by atoms with van der Waals surface area (Å²) in [6.07, 6.45) is 3.85. The van der Waals surface area contributed by atoms with E-state index in [1.807, 2.05) is 7.05 Å². The number of methoxy groups -OCH3 is 1. The van der Waals surface area contributed by atoms with Crippen LogP contribution < -0.4 is 10.6 Å². The van der Waals surface area contributed by atoms with Gasteiger partial charge in [-0.2, -0.15) is 0 Å². The van der Waals surface area contributed by atoms with Crippen molar-refractivity contribution >= 4 is 5.96 Å². The molecule has 0 saturated heterocycles. The summed E-state index contributed by atoms with van der Waals surface area (Å²) in [7, 11) is 3.60. The SMILES string of the molecule is CN=C(NCCC(C)C)NCCN(CCOC)C1CC1. The van der Waals surface area contributed by atoms with E-state index in [4.69, 9.17) is 4.74 Å². The van der Waals surface area contributed by atoms with Gasteiger partial charge in [0.15, 0.2) is 5.96 Å². The van der Waals surface area contributed by atoms with Gasteiger partial charge in [0.05, 0.1) is 6.61 Å². The molecule has 5 nitrogen and oxygen atoms in total. The molecule has 0 bridgehead atoms. The van der Waals surface area contributed by atoms with Gasteiger partial charge >= 0.3 is 0 Å². The first kappa shape index (κ1) is 17.2.